The SMILES string of the molecule is CCCCCNC(C=O)CCC. The summed E-state index contributed by atoms with van der Waals surface area (Å²) in [6, 6.07) is 0.0897. The average Bonchev–Trinajstić information content (AvgIpc) is 2.10. The molecule has 0 aromatic rings. The predicted octanol–water partition coefficient (Wildman–Crippen LogP) is 2.13. The summed E-state index contributed by atoms with van der Waals surface area (Å²) in [5.41, 5.74) is 0. The summed E-state index contributed by atoms with van der Waals surface area (Å²) in [6.45, 7) is 5.27. The largest absolute Gasteiger partial charge is 0.308 e. The van der Waals surface area contributed by atoms with Crippen LogP contribution in [0.1, 0.15) is 46.0 Å². The zero-order valence-electron chi connectivity index (χ0n) is 8.31. The highest BCUT2D eigenvalue weighted by Gasteiger charge is 2.02. The Bertz CT molecular complexity index is 104. The Kier molecular flexibility index (Phi) is 8.46. The third kappa shape index (κ3) is 6.35. The molecule has 0 spiro atoms. The fraction of sp³-hybridized carbons (Fsp3) is 0.900. The van der Waals surface area contributed by atoms with Gasteiger partial charge < -0.3 is 10.1 Å². The second kappa shape index (κ2) is 8.72. The fourth-order valence-corrected chi connectivity index (χ4v) is 1.19. The number of nitrogens with one attached hydrogen (secondary N) is 1. The van der Waals surface area contributed by atoms with Crippen molar-refractivity contribution in [3.05, 3.63) is 0 Å². The van der Waals surface area contributed by atoms with Gasteiger partial charge in [0.25, 0.3) is 0 Å². The molecule has 0 radical (unpaired) electrons. The number of aldehydes is 1. The van der Waals surface area contributed by atoms with Crippen LogP contribution in [0.2, 0.25) is 0 Å². The van der Waals surface area contributed by atoms with Gasteiger partial charge in [-0.15, -0.1) is 0 Å². The van der Waals surface area contributed by atoms with Gasteiger partial charge in [0.2, 0.25) is 0 Å². The zero-order chi connectivity index (χ0) is 9.23. The van der Waals surface area contributed by atoms with Gasteiger partial charge in [0, 0.05) is 0 Å². The predicted molar refractivity (Wildman–Crippen MR) is 52.3 cm³/mol. The highest BCUT2D eigenvalue weighted by atomic mass is 16.1. The van der Waals surface area contributed by atoms with Crippen LogP contribution in [-0.4, -0.2) is 18.9 Å². The topological polar surface area (TPSA) is 29.1 Å². The maximum absolute atomic E-state index is 10.5. The van der Waals surface area contributed by atoms with E-state index in [0.717, 1.165) is 25.7 Å². The minimum atomic E-state index is 0.0897. The van der Waals surface area contributed by atoms with Crippen LogP contribution in [0.5, 0.6) is 0 Å². The van der Waals surface area contributed by atoms with Gasteiger partial charge in [-0.1, -0.05) is 33.1 Å². The highest BCUT2D eigenvalue weighted by Crippen LogP contribution is 1.95. The lowest BCUT2D eigenvalue weighted by molar-refractivity contribution is -0.109. The van der Waals surface area contributed by atoms with E-state index in [4.69, 9.17) is 0 Å². The van der Waals surface area contributed by atoms with Gasteiger partial charge in [-0.05, 0) is 19.4 Å². The molecule has 1 unspecified atom stereocenters. The molecule has 0 aromatic carbocycles. The quantitative estimate of drug-likeness (QED) is 0.448. The van der Waals surface area contributed by atoms with Crippen LogP contribution in [0, 0.1) is 0 Å². The van der Waals surface area contributed by atoms with Crippen LogP contribution in [0.15, 0.2) is 0 Å². The van der Waals surface area contributed by atoms with Gasteiger partial charge in [-0.3, -0.25) is 0 Å². The fourth-order valence-electron chi connectivity index (χ4n) is 1.19. The van der Waals surface area contributed by atoms with E-state index in [-0.39, 0.29) is 6.04 Å². The molecule has 1 N–H and O–H groups in total. The Morgan fingerprint density at radius 3 is 2.50 bits per heavy atom. The van der Waals surface area contributed by atoms with Crippen molar-refractivity contribution in [3.8, 4) is 0 Å². The maximum Gasteiger partial charge on any atom is 0.136 e. The van der Waals surface area contributed by atoms with Crippen molar-refractivity contribution in [2.24, 2.45) is 0 Å². The number of carbonyl (C=O) groups is 1. The minimum absolute atomic E-state index is 0.0897. The van der Waals surface area contributed by atoms with Crippen molar-refractivity contribution < 1.29 is 4.79 Å². The molecular formula is C10H21NO. The lowest BCUT2D eigenvalue weighted by atomic mass is 10.2. The summed E-state index contributed by atoms with van der Waals surface area (Å²) in [6.07, 6.45) is 6.74. The first-order chi connectivity index (χ1) is 5.85. The van der Waals surface area contributed by atoms with Crippen LogP contribution >= 0.6 is 0 Å². The third-order valence-corrected chi connectivity index (χ3v) is 1.95. The standard InChI is InChI=1S/C10H21NO/c1-3-5-6-8-11-10(9-12)7-4-2/h9-11H,3-8H2,1-2H3. The molecule has 12 heavy (non-hydrogen) atoms. The molecule has 0 amide bonds. The molecular weight excluding hydrogens is 150 g/mol. The van der Waals surface area contributed by atoms with E-state index in [0.29, 0.717) is 0 Å². The van der Waals surface area contributed by atoms with Gasteiger partial charge >= 0.3 is 0 Å². The second-order valence-corrected chi connectivity index (χ2v) is 3.19. The van der Waals surface area contributed by atoms with Gasteiger partial charge in [-0.2, -0.15) is 0 Å². The number of hydrogen-bond donors (Lipinski definition) is 1. The molecule has 2 heteroatoms. The Hall–Kier alpha value is -0.370. The Morgan fingerprint density at radius 2 is 2.00 bits per heavy atom. The van der Waals surface area contributed by atoms with Gasteiger partial charge in [0.1, 0.15) is 6.29 Å². The second-order valence-electron chi connectivity index (χ2n) is 3.19. The lowest BCUT2D eigenvalue weighted by Gasteiger charge is -2.10. The molecule has 0 aromatic heterocycles. The summed E-state index contributed by atoms with van der Waals surface area (Å²) in [7, 11) is 0. The smallest absolute Gasteiger partial charge is 0.136 e. The summed E-state index contributed by atoms with van der Waals surface area (Å²) in [5, 5.41) is 3.24. The number of hydrogen-bond acceptors (Lipinski definition) is 2. The number of carbonyl (C=O) groups excluding carboxylic acids is 1. The molecule has 0 rings (SSSR count). The maximum atomic E-state index is 10.5. The normalized spacial score (nSPS) is 12.8. The van der Waals surface area contributed by atoms with Gasteiger partial charge in [0.05, 0.1) is 6.04 Å². The van der Waals surface area contributed by atoms with Crippen LogP contribution < -0.4 is 5.32 Å². The van der Waals surface area contributed by atoms with Crippen molar-refractivity contribution in [2.75, 3.05) is 6.54 Å². The van der Waals surface area contributed by atoms with Crippen molar-refractivity contribution in [1.82, 2.24) is 5.32 Å². The molecule has 2 nitrogen and oxygen atoms in total. The molecule has 1 atom stereocenters. The van der Waals surface area contributed by atoms with Crippen molar-refractivity contribution in [1.29, 1.82) is 0 Å². The molecule has 72 valence electrons. The van der Waals surface area contributed by atoms with Crippen molar-refractivity contribution >= 4 is 6.29 Å². The highest BCUT2D eigenvalue weighted by molar-refractivity contribution is 5.57. The van der Waals surface area contributed by atoms with E-state index in [2.05, 4.69) is 19.2 Å². The first kappa shape index (κ1) is 11.6. The van der Waals surface area contributed by atoms with E-state index < -0.39 is 0 Å². The summed E-state index contributed by atoms with van der Waals surface area (Å²) in [5.74, 6) is 0. The first-order valence-electron chi connectivity index (χ1n) is 5.03. The third-order valence-electron chi connectivity index (χ3n) is 1.95. The molecule has 0 bridgehead atoms. The van der Waals surface area contributed by atoms with E-state index in [1.807, 2.05) is 0 Å². The van der Waals surface area contributed by atoms with E-state index in [1.165, 1.54) is 19.3 Å². The summed E-state index contributed by atoms with van der Waals surface area (Å²) in [4.78, 5) is 10.5. The first-order valence-corrected chi connectivity index (χ1v) is 5.03. The molecule has 0 aliphatic heterocycles. The van der Waals surface area contributed by atoms with E-state index in [1.54, 1.807) is 0 Å². The number of unbranched alkanes of at least 4 members (excludes halogenated alkanes) is 2. The van der Waals surface area contributed by atoms with E-state index >= 15 is 0 Å². The van der Waals surface area contributed by atoms with Gasteiger partial charge in [0.15, 0.2) is 0 Å². The molecule has 0 aliphatic carbocycles. The van der Waals surface area contributed by atoms with Gasteiger partial charge in [-0.25, -0.2) is 0 Å². The van der Waals surface area contributed by atoms with Crippen molar-refractivity contribution in [3.63, 3.8) is 0 Å². The van der Waals surface area contributed by atoms with Crippen LogP contribution in [-0.2, 0) is 4.79 Å². The lowest BCUT2D eigenvalue weighted by Crippen LogP contribution is -2.31. The van der Waals surface area contributed by atoms with Crippen molar-refractivity contribution in [2.45, 2.75) is 52.0 Å². The molecule has 0 fully saturated rings. The van der Waals surface area contributed by atoms with E-state index in [9.17, 15) is 4.79 Å². The zero-order valence-corrected chi connectivity index (χ0v) is 8.31. The Labute approximate surface area is 75.7 Å². The Morgan fingerprint density at radius 1 is 1.25 bits per heavy atom. The Balaban J connectivity index is 3.25. The average molecular weight is 171 g/mol. The monoisotopic (exact) mass is 171 g/mol. The van der Waals surface area contributed by atoms with Crippen LogP contribution in [0.4, 0.5) is 0 Å². The van der Waals surface area contributed by atoms with Crippen LogP contribution in [0.3, 0.4) is 0 Å². The summed E-state index contributed by atoms with van der Waals surface area (Å²) >= 11 is 0. The molecule has 0 aliphatic rings. The molecule has 0 heterocycles. The minimum Gasteiger partial charge on any atom is -0.308 e. The number of rotatable bonds is 8. The van der Waals surface area contributed by atoms with Crippen LogP contribution in [0.25, 0.3) is 0 Å². The summed E-state index contributed by atoms with van der Waals surface area (Å²) < 4.78 is 0. The molecule has 0 saturated heterocycles. The molecule has 0 saturated carbocycles.